The molecule has 1 saturated carbocycles. The smallest absolute Gasteiger partial charge is 0.151 e. The molecule has 0 atom stereocenters. The third-order valence-electron chi connectivity index (χ3n) is 3.06. The number of aromatic nitrogens is 2. The van der Waals surface area contributed by atoms with Crippen LogP contribution in [0, 0.1) is 0 Å². The summed E-state index contributed by atoms with van der Waals surface area (Å²) in [6.45, 7) is 0.920. The van der Waals surface area contributed by atoms with Gasteiger partial charge in [-0.15, -0.1) is 16.7 Å². The second-order valence-corrected chi connectivity index (χ2v) is 5.55. The molecule has 0 radical (unpaired) electrons. The van der Waals surface area contributed by atoms with E-state index in [9.17, 15) is 0 Å². The SMILES string of the molecule is ClCc1ccc(N(Cc2ccsc2)C2CC2)nn1. The summed E-state index contributed by atoms with van der Waals surface area (Å²) in [7, 11) is 0. The van der Waals surface area contributed by atoms with Gasteiger partial charge < -0.3 is 4.90 Å². The third-order valence-corrected chi connectivity index (χ3v) is 4.06. The third kappa shape index (κ3) is 2.65. The second-order valence-electron chi connectivity index (χ2n) is 4.51. The maximum absolute atomic E-state index is 5.73. The Morgan fingerprint density at radius 1 is 1.28 bits per heavy atom. The lowest BCUT2D eigenvalue weighted by molar-refractivity contribution is 0.762. The highest BCUT2D eigenvalue weighted by Crippen LogP contribution is 2.32. The summed E-state index contributed by atoms with van der Waals surface area (Å²) in [4.78, 5) is 2.34. The molecule has 2 aromatic heterocycles. The van der Waals surface area contributed by atoms with Gasteiger partial charge >= 0.3 is 0 Å². The number of nitrogens with zero attached hydrogens (tertiary/aromatic N) is 3. The number of hydrogen-bond donors (Lipinski definition) is 0. The molecule has 0 saturated heterocycles. The van der Waals surface area contributed by atoms with Crippen molar-refractivity contribution in [2.45, 2.75) is 31.3 Å². The summed E-state index contributed by atoms with van der Waals surface area (Å²) in [6, 6.07) is 6.77. The van der Waals surface area contributed by atoms with Crippen LogP contribution in [0.25, 0.3) is 0 Å². The molecule has 2 aromatic rings. The second kappa shape index (κ2) is 5.24. The van der Waals surface area contributed by atoms with Gasteiger partial charge in [0, 0.05) is 12.6 Å². The fraction of sp³-hybridized carbons (Fsp3) is 0.385. The van der Waals surface area contributed by atoms with Crippen LogP contribution >= 0.6 is 22.9 Å². The van der Waals surface area contributed by atoms with E-state index in [2.05, 4.69) is 31.9 Å². The van der Waals surface area contributed by atoms with E-state index < -0.39 is 0 Å². The zero-order valence-electron chi connectivity index (χ0n) is 9.92. The minimum absolute atomic E-state index is 0.418. The molecule has 18 heavy (non-hydrogen) atoms. The normalized spacial score (nSPS) is 14.7. The van der Waals surface area contributed by atoms with Crippen LogP contribution in [-0.4, -0.2) is 16.2 Å². The van der Waals surface area contributed by atoms with Gasteiger partial charge in [-0.1, -0.05) is 0 Å². The van der Waals surface area contributed by atoms with E-state index in [1.807, 2.05) is 12.1 Å². The van der Waals surface area contributed by atoms with Crippen molar-refractivity contribution >= 4 is 28.8 Å². The van der Waals surface area contributed by atoms with Gasteiger partial charge in [0.2, 0.25) is 0 Å². The zero-order chi connectivity index (χ0) is 12.4. The Bertz CT molecular complexity index is 493. The van der Waals surface area contributed by atoms with Crippen LogP contribution in [0.1, 0.15) is 24.1 Å². The van der Waals surface area contributed by atoms with Crippen molar-refractivity contribution in [1.29, 1.82) is 0 Å². The van der Waals surface area contributed by atoms with Crippen molar-refractivity contribution in [2.24, 2.45) is 0 Å². The van der Waals surface area contributed by atoms with E-state index in [1.54, 1.807) is 11.3 Å². The molecule has 0 aromatic carbocycles. The molecule has 5 heteroatoms. The monoisotopic (exact) mass is 279 g/mol. The van der Waals surface area contributed by atoms with Crippen molar-refractivity contribution < 1.29 is 0 Å². The van der Waals surface area contributed by atoms with E-state index in [0.29, 0.717) is 11.9 Å². The van der Waals surface area contributed by atoms with Crippen LogP contribution in [0.15, 0.2) is 29.0 Å². The van der Waals surface area contributed by atoms with Crippen molar-refractivity contribution in [3.8, 4) is 0 Å². The van der Waals surface area contributed by atoms with E-state index in [4.69, 9.17) is 11.6 Å². The Hall–Kier alpha value is -1.13. The molecule has 1 fully saturated rings. The molecule has 3 rings (SSSR count). The van der Waals surface area contributed by atoms with E-state index in [1.165, 1.54) is 18.4 Å². The van der Waals surface area contributed by atoms with Gasteiger partial charge in [0.25, 0.3) is 0 Å². The average Bonchev–Trinajstić information content (AvgIpc) is 3.13. The molecule has 0 unspecified atom stereocenters. The summed E-state index contributed by atoms with van der Waals surface area (Å²) >= 11 is 7.47. The number of rotatable bonds is 5. The maximum atomic E-state index is 5.73. The van der Waals surface area contributed by atoms with Crippen LogP contribution in [0.2, 0.25) is 0 Å². The molecule has 94 valence electrons. The first-order valence-electron chi connectivity index (χ1n) is 6.03. The van der Waals surface area contributed by atoms with Crippen molar-refractivity contribution in [3.05, 3.63) is 40.2 Å². The van der Waals surface area contributed by atoms with Gasteiger partial charge in [0.05, 0.1) is 11.6 Å². The quantitative estimate of drug-likeness (QED) is 0.785. The Labute approximate surface area is 115 Å². The zero-order valence-corrected chi connectivity index (χ0v) is 11.5. The van der Waals surface area contributed by atoms with Crippen LogP contribution < -0.4 is 4.90 Å². The molecule has 0 bridgehead atoms. The van der Waals surface area contributed by atoms with Crippen LogP contribution in [0.3, 0.4) is 0 Å². The minimum Gasteiger partial charge on any atom is -0.348 e. The number of halogens is 1. The lowest BCUT2D eigenvalue weighted by Crippen LogP contribution is -2.26. The van der Waals surface area contributed by atoms with Gasteiger partial charge in [-0.05, 0) is 47.4 Å². The Kier molecular flexibility index (Phi) is 3.48. The largest absolute Gasteiger partial charge is 0.348 e. The number of hydrogen-bond acceptors (Lipinski definition) is 4. The Morgan fingerprint density at radius 3 is 2.72 bits per heavy atom. The number of alkyl halides is 1. The first kappa shape index (κ1) is 11.9. The lowest BCUT2D eigenvalue weighted by atomic mass is 10.3. The topological polar surface area (TPSA) is 29.0 Å². The summed E-state index contributed by atoms with van der Waals surface area (Å²) in [5.41, 5.74) is 2.17. The fourth-order valence-corrected chi connectivity index (χ4v) is 2.74. The Balaban J connectivity index is 1.80. The van der Waals surface area contributed by atoms with Crippen LogP contribution in [0.4, 0.5) is 5.82 Å². The summed E-state index contributed by atoms with van der Waals surface area (Å²) in [6.07, 6.45) is 2.51. The summed E-state index contributed by atoms with van der Waals surface area (Å²) in [5, 5.41) is 12.7. The van der Waals surface area contributed by atoms with E-state index >= 15 is 0 Å². The first-order valence-corrected chi connectivity index (χ1v) is 7.51. The van der Waals surface area contributed by atoms with Gasteiger partial charge in [0.15, 0.2) is 5.82 Å². The molecule has 0 spiro atoms. The molecular weight excluding hydrogens is 266 g/mol. The fourth-order valence-electron chi connectivity index (χ4n) is 1.94. The Morgan fingerprint density at radius 2 is 2.17 bits per heavy atom. The van der Waals surface area contributed by atoms with Crippen molar-refractivity contribution in [3.63, 3.8) is 0 Å². The highest BCUT2D eigenvalue weighted by molar-refractivity contribution is 7.07. The van der Waals surface area contributed by atoms with E-state index in [-0.39, 0.29) is 0 Å². The van der Waals surface area contributed by atoms with Crippen molar-refractivity contribution in [2.75, 3.05) is 4.90 Å². The molecule has 0 amide bonds. The summed E-state index contributed by atoms with van der Waals surface area (Å²) < 4.78 is 0. The molecular formula is C13H14ClN3S. The predicted octanol–water partition coefficient (Wildman–Crippen LogP) is 3.45. The molecule has 2 heterocycles. The molecule has 0 N–H and O–H groups in total. The number of anilines is 1. The first-order chi connectivity index (χ1) is 8.86. The molecule has 3 nitrogen and oxygen atoms in total. The molecule has 1 aliphatic carbocycles. The standard InChI is InChI=1S/C13H14ClN3S/c14-7-11-1-4-13(16-15-11)17(12-2-3-12)8-10-5-6-18-9-10/h1,4-6,9,12H,2-3,7-8H2. The molecule has 1 aliphatic rings. The highest BCUT2D eigenvalue weighted by atomic mass is 35.5. The van der Waals surface area contributed by atoms with Crippen LogP contribution in [-0.2, 0) is 12.4 Å². The van der Waals surface area contributed by atoms with Gasteiger partial charge in [-0.2, -0.15) is 16.4 Å². The summed E-state index contributed by atoms with van der Waals surface area (Å²) in [5.74, 6) is 1.37. The predicted molar refractivity (Wildman–Crippen MR) is 75.1 cm³/mol. The van der Waals surface area contributed by atoms with Crippen LogP contribution in [0.5, 0.6) is 0 Å². The van der Waals surface area contributed by atoms with Gasteiger partial charge in [-0.3, -0.25) is 0 Å². The van der Waals surface area contributed by atoms with Gasteiger partial charge in [-0.25, -0.2) is 0 Å². The average molecular weight is 280 g/mol. The van der Waals surface area contributed by atoms with Gasteiger partial charge in [0.1, 0.15) is 0 Å². The van der Waals surface area contributed by atoms with E-state index in [0.717, 1.165) is 18.1 Å². The number of thiophene rings is 1. The maximum Gasteiger partial charge on any atom is 0.151 e. The highest BCUT2D eigenvalue weighted by Gasteiger charge is 2.30. The van der Waals surface area contributed by atoms with Crippen molar-refractivity contribution in [1.82, 2.24) is 10.2 Å². The minimum atomic E-state index is 0.418. The molecule has 0 aliphatic heterocycles. The lowest BCUT2D eigenvalue weighted by Gasteiger charge is -2.22.